The number of benzene rings is 2. The zero-order chi connectivity index (χ0) is 23.8. The van der Waals surface area contributed by atoms with E-state index in [1.807, 2.05) is 0 Å². The predicted molar refractivity (Wildman–Crippen MR) is 126 cm³/mol. The minimum absolute atomic E-state index is 0.0391. The van der Waals surface area contributed by atoms with E-state index in [0.29, 0.717) is 38.0 Å². The Balaban J connectivity index is 1.60. The first-order valence-corrected chi connectivity index (χ1v) is 11.2. The van der Waals surface area contributed by atoms with Crippen molar-refractivity contribution in [1.29, 1.82) is 0 Å². The van der Waals surface area contributed by atoms with Crippen LogP contribution in [-0.4, -0.2) is 42.4 Å². The highest BCUT2D eigenvalue weighted by Gasteiger charge is 2.13. The molecule has 0 unspecified atom stereocenters. The van der Waals surface area contributed by atoms with E-state index in [-0.39, 0.29) is 11.6 Å². The van der Waals surface area contributed by atoms with Gasteiger partial charge in [0.2, 0.25) is 16.8 Å². The Labute approximate surface area is 197 Å². The van der Waals surface area contributed by atoms with Crippen molar-refractivity contribution in [3.63, 3.8) is 0 Å². The van der Waals surface area contributed by atoms with Gasteiger partial charge in [0.05, 0.1) is 26.3 Å². The molecule has 1 aromatic heterocycles. The van der Waals surface area contributed by atoms with Crippen molar-refractivity contribution < 1.29 is 23.9 Å². The van der Waals surface area contributed by atoms with Gasteiger partial charge in [-0.3, -0.25) is 20.2 Å². The molecular weight excluding hydrogens is 468 g/mol. The minimum Gasteiger partial charge on any atom is -0.493 e. The molecule has 0 saturated carbocycles. The van der Waals surface area contributed by atoms with Crippen molar-refractivity contribution in [3.05, 3.63) is 63.7 Å². The maximum absolute atomic E-state index is 12.3. The Bertz CT molecular complexity index is 1160. The molecule has 2 aromatic carbocycles. The number of nitro benzene ring substituents is 1. The highest BCUT2D eigenvalue weighted by Crippen LogP contribution is 2.38. The number of methoxy groups -OCH3 is 3. The number of nitro groups is 1. The number of anilines is 1. The number of ether oxygens (including phenoxy) is 3. The van der Waals surface area contributed by atoms with Gasteiger partial charge in [0.15, 0.2) is 15.8 Å². The molecule has 0 aliphatic rings. The van der Waals surface area contributed by atoms with Crippen LogP contribution in [0.2, 0.25) is 0 Å². The Hall–Kier alpha value is -3.64. The fourth-order valence-corrected chi connectivity index (χ4v) is 4.44. The third-order valence-corrected chi connectivity index (χ3v) is 6.28. The van der Waals surface area contributed by atoms with Crippen LogP contribution < -0.4 is 19.5 Å². The van der Waals surface area contributed by atoms with Gasteiger partial charge in [0.25, 0.3) is 5.69 Å². The van der Waals surface area contributed by atoms with E-state index in [1.54, 1.807) is 30.3 Å². The summed E-state index contributed by atoms with van der Waals surface area (Å²) in [5, 5.41) is 21.9. The highest BCUT2D eigenvalue weighted by atomic mass is 32.2. The van der Waals surface area contributed by atoms with Crippen LogP contribution in [0.3, 0.4) is 0 Å². The molecule has 12 heteroatoms. The zero-order valence-corrected chi connectivity index (χ0v) is 19.6. The lowest BCUT2D eigenvalue weighted by Gasteiger charge is -2.12. The number of carbonyl (C=O) groups excluding carboxylic acids is 1. The second-order valence-electron chi connectivity index (χ2n) is 6.37. The Morgan fingerprint density at radius 2 is 1.88 bits per heavy atom. The second kappa shape index (κ2) is 11.3. The van der Waals surface area contributed by atoms with Gasteiger partial charge in [0.1, 0.15) is 0 Å². The van der Waals surface area contributed by atoms with Gasteiger partial charge < -0.3 is 14.2 Å². The van der Waals surface area contributed by atoms with Crippen molar-refractivity contribution in [2.45, 2.75) is 10.1 Å². The van der Waals surface area contributed by atoms with Crippen LogP contribution in [0.5, 0.6) is 17.2 Å². The third kappa shape index (κ3) is 6.43. The van der Waals surface area contributed by atoms with E-state index in [4.69, 9.17) is 14.2 Å². The van der Waals surface area contributed by atoms with Crippen LogP contribution in [0.4, 0.5) is 10.8 Å². The second-order valence-corrected chi connectivity index (χ2v) is 8.57. The Kier molecular flexibility index (Phi) is 8.22. The summed E-state index contributed by atoms with van der Waals surface area (Å²) in [5.74, 6) is 1.53. The molecule has 1 amide bonds. The van der Waals surface area contributed by atoms with Gasteiger partial charge in [-0.25, -0.2) is 0 Å². The number of hydrogen-bond donors (Lipinski definition) is 1. The molecule has 10 nitrogen and oxygen atoms in total. The maximum atomic E-state index is 12.3. The molecule has 33 heavy (non-hydrogen) atoms. The fraction of sp³-hybridized carbons (Fsp3) is 0.190. The molecule has 3 aromatic rings. The van der Waals surface area contributed by atoms with E-state index >= 15 is 0 Å². The first kappa shape index (κ1) is 24.0. The maximum Gasteiger partial charge on any atom is 0.269 e. The van der Waals surface area contributed by atoms with Gasteiger partial charge >= 0.3 is 0 Å². The number of amides is 1. The lowest BCUT2D eigenvalue weighted by Crippen LogP contribution is -2.07. The molecule has 0 radical (unpaired) electrons. The fourth-order valence-electron chi connectivity index (χ4n) is 2.74. The number of hydrogen-bond acceptors (Lipinski definition) is 10. The number of carbonyl (C=O) groups is 1. The first-order chi connectivity index (χ1) is 15.9. The standard InChI is InChI=1S/C21H20N4O6S2/c1-29-16-10-13(11-17(30-2)19(16)31-3)7-8-18(26)22-20-23-24-21(33-20)32-12-14-5-4-6-15(9-14)25(27)28/h4-11H,12H2,1-3H3,(H,22,23,26)/b8-7+. The van der Waals surface area contributed by atoms with Gasteiger partial charge in [-0.15, -0.1) is 10.2 Å². The Morgan fingerprint density at radius 1 is 1.15 bits per heavy atom. The molecular formula is C21H20N4O6S2. The number of rotatable bonds is 10. The number of nitrogens with zero attached hydrogens (tertiary/aromatic N) is 3. The van der Waals surface area contributed by atoms with E-state index in [9.17, 15) is 14.9 Å². The third-order valence-electron chi connectivity index (χ3n) is 4.23. The average molecular weight is 489 g/mol. The summed E-state index contributed by atoms with van der Waals surface area (Å²) >= 11 is 2.59. The molecule has 0 aliphatic heterocycles. The first-order valence-electron chi connectivity index (χ1n) is 9.42. The molecule has 1 N–H and O–H groups in total. The van der Waals surface area contributed by atoms with Gasteiger partial charge in [-0.2, -0.15) is 0 Å². The number of nitrogens with one attached hydrogen (secondary N) is 1. The van der Waals surface area contributed by atoms with Gasteiger partial charge in [-0.1, -0.05) is 35.2 Å². The van der Waals surface area contributed by atoms with Crippen molar-refractivity contribution in [3.8, 4) is 17.2 Å². The molecule has 0 bridgehead atoms. The molecule has 172 valence electrons. The molecule has 0 spiro atoms. The van der Waals surface area contributed by atoms with Crippen molar-refractivity contribution in [1.82, 2.24) is 10.2 Å². The molecule has 0 fully saturated rings. The van der Waals surface area contributed by atoms with E-state index in [0.717, 1.165) is 5.56 Å². The van der Waals surface area contributed by atoms with Crippen molar-refractivity contribution in [2.75, 3.05) is 26.6 Å². The SMILES string of the molecule is COc1cc(/C=C/C(=O)Nc2nnc(SCc3cccc([N+](=O)[O-])c3)s2)cc(OC)c1OC. The van der Waals surface area contributed by atoms with Gasteiger partial charge in [-0.05, 0) is 29.3 Å². The molecule has 1 heterocycles. The van der Waals surface area contributed by atoms with E-state index in [2.05, 4.69) is 15.5 Å². The van der Waals surface area contributed by atoms with Crippen LogP contribution in [0, 0.1) is 10.1 Å². The summed E-state index contributed by atoms with van der Waals surface area (Å²) in [6.45, 7) is 0. The summed E-state index contributed by atoms with van der Waals surface area (Å²) in [4.78, 5) is 22.7. The van der Waals surface area contributed by atoms with Crippen LogP contribution in [-0.2, 0) is 10.5 Å². The normalized spacial score (nSPS) is 10.8. The van der Waals surface area contributed by atoms with E-state index in [1.165, 1.54) is 62.6 Å². The summed E-state index contributed by atoms with van der Waals surface area (Å²) in [5.41, 5.74) is 1.52. The Morgan fingerprint density at radius 3 is 2.52 bits per heavy atom. The smallest absolute Gasteiger partial charge is 0.269 e. The molecule has 3 rings (SSSR count). The lowest BCUT2D eigenvalue weighted by atomic mass is 10.1. The molecule has 0 saturated heterocycles. The summed E-state index contributed by atoms with van der Waals surface area (Å²) < 4.78 is 16.5. The average Bonchev–Trinajstić information content (AvgIpc) is 3.27. The van der Waals surface area contributed by atoms with Crippen molar-refractivity contribution >= 4 is 45.9 Å². The minimum atomic E-state index is -0.432. The predicted octanol–water partition coefficient (Wildman–Crippen LogP) is 4.42. The monoisotopic (exact) mass is 488 g/mol. The zero-order valence-electron chi connectivity index (χ0n) is 17.9. The number of non-ortho nitro benzene ring substituents is 1. The van der Waals surface area contributed by atoms with Gasteiger partial charge in [0, 0.05) is 24.0 Å². The quantitative estimate of drug-likeness (QED) is 0.145. The topological polar surface area (TPSA) is 126 Å². The van der Waals surface area contributed by atoms with Crippen molar-refractivity contribution in [2.24, 2.45) is 0 Å². The van der Waals surface area contributed by atoms with E-state index < -0.39 is 4.92 Å². The largest absolute Gasteiger partial charge is 0.493 e. The molecule has 0 atom stereocenters. The number of thioether (sulfide) groups is 1. The number of aromatic nitrogens is 2. The van der Waals surface area contributed by atoms with Crippen LogP contribution >= 0.6 is 23.1 Å². The lowest BCUT2D eigenvalue weighted by molar-refractivity contribution is -0.384. The highest BCUT2D eigenvalue weighted by molar-refractivity contribution is 8.00. The molecule has 0 aliphatic carbocycles. The van der Waals surface area contributed by atoms with Crippen LogP contribution in [0.1, 0.15) is 11.1 Å². The summed E-state index contributed by atoms with van der Waals surface area (Å²) in [7, 11) is 4.55. The van der Waals surface area contributed by atoms with Crippen LogP contribution in [0.15, 0.2) is 46.8 Å². The summed E-state index contributed by atoms with van der Waals surface area (Å²) in [6, 6.07) is 9.85. The van der Waals surface area contributed by atoms with Crippen LogP contribution in [0.25, 0.3) is 6.08 Å². The summed E-state index contributed by atoms with van der Waals surface area (Å²) in [6.07, 6.45) is 2.97.